The van der Waals surface area contributed by atoms with E-state index in [0.29, 0.717) is 38.8 Å². The zero-order valence-corrected chi connectivity index (χ0v) is 8.49. The van der Waals surface area contributed by atoms with Crippen molar-refractivity contribution in [3.05, 3.63) is 0 Å². The number of carbonyl (C=O) groups is 3. The van der Waals surface area contributed by atoms with E-state index in [9.17, 15) is 14.4 Å². The topological polar surface area (TPSA) is 66.5 Å². The van der Waals surface area contributed by atoms with Gasteiger partial charge in [0.25, 0.3) is 0 Å². The van der Waals surface area contributed by atoms with Crippen LogP contribution >= 0.6 is 0 Å². The molecule has 1 atom stereocenters. The maximum atomic E-state index is 11.9. The molecular weight excluding hydrogens is 196 g/mol. The Labute approximate surface area is 87.8 Å². The van der Waals surface area contributed by atoms with E-state index < -0.39 is 0 Å². The van der Waals surface area contributed by atoms with Crippen LogP contribution in [0, 0.1) is 0 Å². The van der Waals surface area contributed by atoms with Crippen molar-refractivity contribution < 1.29 is 14.4 Å². The van der Waals surface area contributed by atoms with Crippen LogP contribution in [0.1, 0.15) is 25.7 Å². The van der Waals surface area contributed by atoms with Crippen LogP contribution in [0.5, 0.6) is 0 Å². The summed E-state index contributed by atoms with van der Waals surface area (Å²) in [6.45, 7) is 1.01. The molecule has 0 spiro atoms. The number of nitrogens with one attached hydrogen (secondary N) is 1. The summed E-state index contributed by atoms with van der Waals surface area (Å²) in [5.74, 6) is 0.129. The van der Waals surface area contributed by atoms with Gasteiger partial charge in [-0.2, -0.15) is 0 Å². The van der Waals surface area contributed by atoms with Crippen molar-refractivity contribution in [2.24, 2.45) is 0 Å². The summed E-state index contributed by atoms with van der Waals surface area (Å²) in [5, 5.41) is 2.65. The molecule has 0 aliphatic carbocycles. The molecule has 82 valence electrons. The lowest BCUT2D eigenvalue weighted by Gasteiger charge is -2.28. The van der Waals surface area contributed by atoms with Crippen molar-refractivity contribution in [1.82, 2.24) is 10.2 Å². The predicted octanol–water partition coefficient (Wildman–Crippen LogP) is -0.543. The Morgan fingerprint density at radius 2 is 1.87 bits per heavy atom. The predicted molar refractivity (Wildman–Crippen MR) is 52.0 cm³/mol. The SMILES string of the molecule is O=C1CCN(C(=O)C2CCC(=O)N2)CC1. The van der Waals surface area contributed by atoms with E-state index in [0.717, 1.165) is 0 Å². The van der Waals surface area contributed by atoms with Crippen LogP contribution in [-0.4, -0.2) is 41.6 Å². The van der Waals surface area contributed by atoms with Gasteiger partial charge < -0.3 is 10.2 Å². The van der Waals surface area contributed by atoms with Crippen molar-refractivity contribution in [1.29, 1.82) is 0 Å². The molecule has 0 aromatic heterocycles. The molecule has 0 aromatic carbocycles. The fourth-order valence-corrected chi connectivity index (χ4v) is 2.00. The van der Waals surface area contributed by atoms with Gasteiger partial charge in [0.2, 0.25) is 11.8 Å². The Hall–Kier alpha value is -1.39. The summed E-state index contributed by atoms with van der Waals surface area (Å²) in [6.07, 6.45) is 1.92. The Bertz CT molecular complexity index is 304. The molecule has 1 N–H and O–H groups in total. The maximum absolute atomic E-state index is 11.9. The number of piperidine rings is 1. The average Bonchev–Trinajstić information content (AvgIpc) is 2.65. The standard InChI is InChI=1S/C10H14N2O3/c13-7-3-5-12(6-4-7)10(15)8-1-2-9(14)11-8/h8H,1-6H2,(H,11,14). The summed E-state index contributed by atoms with van der Waals surface area (Å²) in [4.78, 5) is 35.5. The molecule has 0 bridgehead atoms. The molecule has 2 amide bonds. The van der Waals surface area contributed by atoms with Crippen LogP contribution in [0.25, 0.3) is 0 Å². The van der Waals surface area contributed by atoms with Crippen molar-refractivity contribution in [3.63, 3.8) is 0 Å². The Balaban J connectivity index is 1.90. The molecule has 2 fully saturated rings. The van der Waals surface area contributed by atoms with Crippen molar-refractivity contribution in [2.75, 3.05) is 13.1 Å². The summed E-state index contributed by atoms with van der Waals surface area (Å²) in [7, 11) is 0. The zero-order chi connectivity index (χ0) is 10.8. The maximum Gasteiger partial charge on any atom is 0.245 e. The van der Waals surface area contributed by atoms with Crippen LogP contribution in [0.3, 0.4) is 0 Å². The first-order valence-electron chi connectivity index (χ1n) is 5.26. The lowest BCUT2D eigenvalue weighted by atomic mass is 10.1. The minimum Gasteiger partial charge on any atom is -0.344 e. The number of rotatable bonds is 1. The fourth-order valence-electron chi connectivity index (χ4n) is 2.00. The van der Waals surface area contributed by atoms with Crippen LogP contribution in [-0.2, 0) is 14.4 Å². The summed E-state index contributed by atoms with van der Waals surface area (Å²) >= 11 is 0. The van der Waals surface area contributed by atoms with Gasteiger partial charge in [0.05, 0.1) is 0 Å². The number of carbonyl (C=O) groups excluding carboxylic acids is 3. The normalized spacial score (nSPS) is 26.7. The van der Waals surface area contributed by atoms with E-state index in [1.807, 2.05) is 0 Å². The summed E-state index contributed by atoms with van der Waals surface area (Å²) < 4.78 is 0. The highest BCUT2D eigenvalue weighted by molar-refractivity contribution is 5.91. The molecule has 2 heterocycles. The number of hydrogen-bond acceptors (Lipinski definition) is 3. The Morgan fingerprint density at radius 1 is 1.20 bits per heavy atom. The first-order valence-corrected chi connectivity index (χ1v) is 5.26. The number of hydrogen-bond donors (Lipinski definition) is 1. The zero-order valence-electron chi connectivity index (χ0n) is 8.49. The minimum atomic E-state index is -0.356. The fraction of sp³-hybridized carbons (Fsp3) is 0.700. The second-order valence-corrected chi connectivity index (χ2v) is 4.02. The van der Waals surface area contributed by atoms with Gasteiger partial charge in [0, 0.05) is 32.4 Å². The van der Waals surface area contributed by atoms with Gasteiger partial charge in [0.1, 0.15) is 11.8 Å². The molecule has 15 heavy (non-hydrogen) atoms. The van der Waals surface area contributed by atoms with E-state index in [-0.39, 0.29) is 23.6 Å². The van der Waals surface area contributed by atoms with Crippen LogP contribution in [0.4, 0.5) is 0 Å². The number of likely N-dealkylation sites (tertiary alicyclic amines) is 1. The third-order valence-corrected chi connectivity index (χ3v) is 2.93. The number of ketones is 1. The van der Waals surface area contributed by atoms with Crippen LogP contribution in [0.15, 0.2) is 0 Å². The molecule has 5 nitrogen and oxygen atoms in total. The number of nitrogens with zero attached hydrogens (tertiary/aromatic N) is 1. The molecule has 0 saturated carbocycles. The van der Waals surface area contributed by atoms with Gasteiger partial charge in [-0.05, 0) is 6.42 Å². The molecule has 5 heteroatoms. The highest BCUT2D eigenvalue weighted by Crippen LogP contribution is 2.13. The molecule has 0 aromatic rings. The third kappa shape index (κ3) is 2.16. The molecule has 1 unspecified atom stereocenters. The molecular formula is C10H14N2O3. The van der Waals surface area contributed by atoms with Gasteiger partial charge in [0.15, 0.2) is 0 Å². The Kier molecular flexibility index (Phi) is 2.70. The number of amides is 2. The van der Waals surface area contributed by atoms with E-state index in [4.69, 9.17) is 0 Å². The average molecular weight is 210 g/mol. The highest BCUT2D eigenvalue weighted by atomic mass is 16.2. The highest BCUT2D eigenvalue weighted by Gasteiger charge is 2.32. The third-order valence-electron chi connectivity index (χ3n) is 2.93. The largest absolute Gasteiger partial charge is 0.344 e. The molecule has 2 aliphatic heterocycles. The van der Waals surface area contributed by atoms with E-state index in [1.165, 1.54) is 0 Å². The molecule has 2 saturated heterocycles. The minimum absolute atomic E-state index is 0.0339. The van der Waals surface area contributed by atoms with Crippen LogP contribution in [0.2, 0.25) is 0 Å². The quantitative estimate of drug-likeness (QED) is 0.632. The van der Waals surface area contributed by atoms with Crippen molar-refractivity contribution >= 4 is 17.6 Å². The number of Topliss-reactive ketones (excluding diaryl/α,β-unsaturated/α-hetero) is 1. The lowest BCUT2D eigenvalue weighted by molar-refractivity contribution is -0.137. The summed E-state index contributed by atoms with van der Waals surface area (Å²) in [5.41, 5.74) is 0. The van der Waals surface area contributed by atoms with E-state index in [2.05, 4.69) is 5.32 Å². The van der Waals surface area contributed by atoms with Gasteiger partial charge in [-0.3, -0.25) is 14.4 Å². The molecule has 0 radical (unpaired) electrons. The molecule has 2 rings (SSSR count). The molecule has 2 aliphatic rings. The van der Waals surface area contributed by atoms with E-state index in [1.54, 1.807) is 4.90 Å². The smallest absolute Gasteiger partial charge is 0.245 e. The van der Waals surface area contributed by atoms with E-state index >= 15 is 0 Å². The van der Waals surface area contributed by atoms with Gasteiger partial charge in [-0.1, -0.05) is 0 Å². The van der Waals surface area contributed by atoms with Gasteiger partial charge >= 0.3 is 0 Å². The monoisotopic (exact) mass is 210 g/mol. The summed E-state index contributed by atoms with van der Waals surface area (Å²) in [6, 6.07) is -0.356. The first kappa shape index (κ1) is 10.1. The Morgan fingerprint density at radius 3 is 2.40 bits per heavy atom. The second-order valence-electron chi connectivity index (χ2n) is 4.02. The van der Waals surface area contributed by atoms with Gasteiger partial charge in [-0.15, -0.1) is 0 Å². The van der Waals surface area contributed by atoms with Gasteiger partial charge in [-0.25, -0.2) is 0 Å². The van der Waals surface area contributed by atoms with Crippen molar-refractivity contribution in [3.8, 4) is 0 Å². The van der Waals surface area contributed by atoms with Crippen LogP contribution < -0.4 is 5.32 Å². The lowest BCUT2D eigenvalue weighted by Crippen LogP contribution is -2.47. The first-order chi connectivity index (χ1) is 7.16. The second kappa shape index (κ2) is 4.00. The van der Waals surface area contributed by atoms with Crippen molar-refractivity contribution in [2.45, 2.75) is 31.7 Å².